The van der Waals surface area contributed by atoms with Crippen molar-refractivity contribution >= 4 is 40.6 Å². The number of hydrogen-bond acceptors (Lipinski definition) is 5. The minimum Gasteiger partial charge on any atom is -0.507 e. The number of thioether (sulfide) groups is 1. The molecular weight excluding hydrogens is 332 g/mol. The highest BCUT2D eigenvalue weighted by Crippen LogP contribution is 2.25. The van der Waals surface area contributed by atoms with Crippen molar-refractivity contribution in [2.45, 2.75) is 12.1 Å². The molecule has 0 aliphatic rings. The zero-order chi connectivity index (χ0) is 17.2. The summed E-state index contributed by atoms with van der Waals surface area (Å²) in [7, 11) is 0. The molecule has 4 rings (SSSR count). The van der Waals surface area contributed by atoms with Crippen LogP contribution in [0.1, 0.15) is 18.2 Å². The first-order chi connectivity index (χ1) is 12.3. The summed E-state index contributed by atoms with van der Waals surface area (Å²) in [4.78, 5) is 4.72. The molecule has 2 heterocycles. The van der Waals surface area contributed by atoms with Crippen molar-refractivity contribution in [3.8, 4) is 5.75 Å². The van der Waals surface area contributed by atoms with Crippen molar-refractivity contribution < 1.29 is 5.11 Å². The van der Waals surface area contributed by atoms with Crippen molar-refractivity contribution in [1.29, 1.82) is 0 Å². The van der Waals surface area contributed by atoms with Gasteiger partial charge in [0.05, 0.1) is 11.0 Å². The number of benzene rings is 2. The SMILES string of the molecule is CCSc1nnc2c(/C=C/c3ccccc3O)nc3ccccc3n12. The lowest BCUT2D eigenvalue weighted by Crippen LogP contribution is -1.96. The van der Waals surface area contributed by atoms with Crippen LogP contribution >= 0.6 is 11.8 Å². The van der Waals surface area contributed by atoms with E-state index in [0.29, 0.717) is 5.65 Å². The molecule has 5 nitrogen and oxygen atoms in total. The fourth-order valence-corrected chi connectivity index (χ4v) is 3.38. The molecule has 0 spiro atoms. The first kappa shape index (κ1) is 15.7. The van der Waals surface area contributed by atoms with Crippen molar-refractivity contribution in [3.05, 3.63) is 59.8 Å². The molecule has 0 unspecified atom stereocenters. The monoisotopic (exact) mass is 348 g/mol. The Morgan fingerprint density at radius 1 is 1.04 bits per heavy atom. The summed E-state index contributed by atoms with van der Waals surface area (Å²) < 4.78 is 2.04. The fraction of sp³-hybridized carbons (Fsp3) is 0.105. The number of aromatic hydroxyl groups is 1. The van der Waals surface area contributed by atoms with Gasteiger partial charge in [-0.15, -0.1) is 10.2 Å². The molecule has 1 N–H and O–H groups in total. The van der Waals surface area contributed by atoms with E-state index in [9.17, 15) is 5.11 Å². The highest BCUT2D eigenvalue weighted by Gasteiger charge is 2.13. The third kappa shape index (κ3) is 2.85. The summed E-state index contributed by atoms with van der Waals surface area (Å²) in [6.45, 7) is 2.09. The van der Waals surface area contributed by atoms with Crippen LogP contribution in [0.3, 0.4) is 0 Å². The van der Waals surface area contributed by atoms with Gasteiger partial charge < -0.3 is 5.11 Å². The predicted molar refractivity (Wildman–Crippen MR) is 102 cm³/mol. The minimum absolute atomic E-state index is 0.235. The van der Waals surface area contributed by atoms with Gasteiger partial charge in [-0.05, 0) is 36.1 Å². The molecule has 6 heteroatoms. The van der Waals surface area contributed by atoms with Crippen LogP contribution in [0.2, 0.25) is 0 Å². The molecule has 4 aromatic rings. The lowest BCUT2D eigenvalue weighted by Gasteiger charge is -2.06. The molecule has 0 fully saturated rings. The number of hydrogen-bond donors (Lipinski definition) is 1. The smallest absolute Gasteiger partial charge is 0.196 e. The standard InChI is InChI=1S/C19H16N4OS/c1-2-25-19-22-21-18-15(12-11-13-7-3-6-10-17(13)24)20-14-8-4-5-9-16(14)23(18)19/h3-12,24H,2H2,1H3/b12-11+. The molecule has 0 saturated carbocycles. The van der Waals surface area contributed by atoms with Crippen LogP contribution in [0.25, 0.3) is 28.8 Å². The average molecular weight is 348 g/mol. The molecule has 124 valence electrons. The largest absolute Gasteiger partial charge is 0.507 e. The van der Waals surface area contributed by atoms with Crippen LogP contribution in [0.4, 0.5) is 0 Å². The van der Waals surface area contributed by atoms with Gasteiger partial charge in [0.2, 0.25) is 0 Å². The van der Waals surface area contributed by atoms with E-state index in [1.807, 2.05) is 53.0 Å². The average Bonchev–Trinajstić information content (AvgIpc) is 3.06. The first-order valence-electron chi connectivity index (χ1n) is 8.00. The lowest BCUT2D eigenvalue weighted by molar-refractivity contribution is 0.474. The van der Waals surface area contributed by atoms with E-state index in [0.717, 1.165) is 33.2 Å². The van der Waals surface area contributed by atoms with Crippen LogP contribution in [0.5, 0.6) is 5.75 Å². The third-order valence-corrected chi connectivity index (χ3v) is 4.67. The second-order valence-corrected chi connectivity index (χ2v) is 6.68. The van der Waals surface area contributed by atoms with Crippen molar-refractivity contribution in [2.75, 3.05) is 5.75 Å². The maximum absolute atomic E-state index is 9.94. The number of fused-ring (bicyclic) bond motifs is 3. The molecule has 0 bridgehead atoms. The Balaban J connectivity index is 1.92. The number of nitrogens with zero attached hydrogens (tertiary/aromatic N) is 4. The van der Waals surface area contributed by atoms with Crippen LogP contribution in [-0.4, -0.2) is 30.4 Å². The van der Waals surface area contributed by atoms with Crippen LogP contribution in [0.15, 0.2) is 53.7 Å². The number of para-hydroxylation sites is 3. The molecular formula is C19H16N4OS. The predicted octanol–water partition coefficient (Wildman–Crippen LogP) is 4.27. The molecule has 0 radical (unpaired) electrons. The van der Waals surface area contributed by atoms with E-state index < -0.39 is 0 Å². The number of rotatable bonds is 4. The van der Waals surface area contributed by atoms with Crippen molar-refractivity contribution in [3.63, 3.8) is 0 Å². The molecule has 0 saturated heterocycles. The zero-order valence-electron chi connectivity index (χ0n) is 13.6. The summed E-state index contributed by atoms with van der Waals surface area (Å²) in [6, 6.07) is 15.2. The Kier molecular flexibility index (Phi) is 4.11. The van der Waals surface area contributed by atoms with Gasteiger partial charge in [0.25, 0.3) is 0 Å². The summed E-state index contributed by atoms with van der Waals surface area (Å²) >= 11 is 1.65. The normalized spacial score (nSPS) is 11.7. The van der Waals surface area contributed by atoms with Gasteiger partial charge in [0.1, 0.15) is 11.4 Å². The molecule has 0 amide bonds. The maximum Gasteiger partial charge on any atom is 0.196 e. The Morgan fingerprint density at radius 2 is 1.84 bits per heavy atom. The van der Waals surface area contributed by atoms with Gasteiger partial charge in [-0.2, -0.15) is 0 Å². The van der Waals surface area contributed by atoms with E-state index in [4.69, 9.17) is 4.98 Å². The maximum atomic E-state index is 9.94. The molecule has 2 aromatic carbocycles. The number of phenolic OH excluding ortho intramolecular Hbond substituents is 1. The zero-order valence-corrected chi connectivity index (χ0v) is 14.4. The summed E-state index contributed by atoms with van der Waals surface area (Å²) in [5.41, 5.74) is 4.03. The van der Waals surface area contributed by atoms with Gasteiger partial charge in [-0.25, -0.2) is 4.98 Å². The van der Waals surface area contributed by atoms with E-state index in [-0.39, 0.29) is 5.75 Å². The Labute approximate surface area is 149 Å². The number of aromatic nitrogens is 4. The summed E-state index contributed by atoms with van der Waals surface area (Å²) in [6.07, 6.45) is 3.71. The van der Waals surface area contributed by atoms with Crippen LogP contribution in [0, 0.1) is 0 Å². The lowest BCUT2D eigenvalue weighted by atomic mass is 10.1. The molecule has 0 atom stereocenters. The first-order valence-corrected chi connectivity index (χ1v) is 8.99. The second kappa shape index (κ2) is 6.57. The van der Waals surface area contributed by atoms with E-state index in [1.165, 1.54) is 0 Å². The van der Waals surface area contributed by atoms with Gasteiger partial charge in [-0.3, -0.25) is 4.40 Å². The second-order valence-electron chi connectivity index (χ2n) is 5.45. The molecule has 25 heavy (non-hydrogen) atoms. The minimum atomic E-state index is 0.235. The van der Waals surface area contributed by atoms with Crippen molar-refractivity contribution in [1.82, 2.24) is 19.6 Å². The summed E-state index contributed by atoms with van der Waals surface area (Å²) in [5.74, 6) is 1.15. The Hall–Kier alpha value is -2.86. The van der Waals surface area contributed by atoms with Crippen LogP contribution in [-0.2, 0) is 0 Å². The fourth-order valence-electron chi connectivity index (χ4n) is 2.71. The van der Waals surface area contributed by atoms with Crippen LogP contribution < -0.4 is 0 Å². The Morgan fingerprint density at radius 3 is 2.68 bits per heavy atom. The highest BCUT2D eigenvalue weighted by atomic mass is 32.2. The highest BCUT2D eigenvalue weighted by molar-refractivity contribution is 7.99. The van der Waals surface area contributed by atoms with Gasteiger partial charge in [0.15, 0.2) is 10.8 Å². The van der Waals surface area contributed by atoms with E-state index in [2.05, 4.69) is 17.1 Å². The van der Waals surface area contributed by atoms with E-state index in [1.54, 1.807) is 23.9 Å². The number of phenols is 1. The Bertz CT molecular complexity index is 1090. The topological polar surface area (TPSA) is 63.3 Å². The molecule has 2 aromatic heterocycles. The quantitative estimate of drug-likeness (QED) is 0.558. The van der Waals surface area contributed by atoms with Gasteiger partial charge >= 0.3 is 0 Å². The molecule has 0 aliphatic carbocycles. The molecule has 0 aliphatic heterocycles. The van der Waals surface area contributed by atoms with Gasteiger partial charge in [-0.1, -0.05) is 49.0 Å². The van der Waals surface area contributed by atoms with E-state index >= 15 is 0 Å². The summed E-state index contributed by atoms with van der Waals surface area (Å²) in [5, 5.41) is 19.5. The van der Waals surface area contributed by atoms with Gasteiger partial charge in [0, 0.05) is 5.56 Å². The van der Waals surface area contributed by atoms with Crippen molar-refractivity contribution in [2.24, 2.45) is 0 Å². The third-order valence-electron chi connectivity index (χ3n) is 3.86.